The minimum atomic E-state index is -1.38. The molecule has 1 aromatic rings. The molecule has 1 aliphatic heterocycles. The summed E-state index contributed by atoms with van der Waals surface area (Å²) in [7, 11) is 1.50. The van der Waals surface area contributed by atoms with Crippen molar-refractivity contribution in [2.24, 2.45) is 10.9 Å². The molecule has 2 heterocycles. The van der Waals surface area contributed by atoms with Crippen LogP contribution in [0.25, 0.3) is 0 Å². The molecule has 0 unspecified atom stereocenters. The van der Waals surface area contributed by atoms with E-state index in [4.69, 9.17) is 4.74 Å². The molecule has 0 saturated heterocycles. The summed E-state index contributed by atoms with van der Waals surface area (Å²) in [5.74, 6) is -1.53. The second-order valence-electron chi connectivity index (χ2n) is 5.68. The monoisotopic (exact) mass is 322 g/mol. The van der Waals surface area contributed by atoms with E-state index >= 15 is 0 Å². The number of carbonyl (C=O) groups excluding carboxylic acids is 2. The van der Waals surface area contributed by atoms with E-state index in [0.717, 1.165) is 0 Å². The molecule has 0 saturated carbocycles. The zero-order valence-electron chi connectivity index (χ0n) is 14.0. The number of aromatic carboxylic acids is 1. The number of hydrogen-bond acceptors (Lipinski definition) is 6. The van der Waals surface area contributed by atoms with Gasteiger partial charge in [-0.15, -0.1) is 0 Å². The minimum Gasteiger partial charge on any atom is -0.545 e. The van der Waals surface area contributed by atoms with Gasteiger partial charge in [0.05, 0.1) is 12.6 Å². The number of amides is 1. The first kappa shape index (κ1) is 18.7. The Balaban J connectivity index is 0.00000264. The standard InChI is InChI=1S/C15H19N3O4.H3N/c1-8(2)15(3)14(21)17-12(18-15)11-10(13(19)20)5-9(6-16-11)7-22-4;/h5-6,8H,7H2,1-4H3,(H,19,20)(H,17,18,21);1H3/t15-;/m1./s1. The van der Waals surface area contributed by atoms with Crippen LogP contribution >= 0.6 is 0 Å². The number of hydrogen-bond donors (Lipinski definition) is 2. The lowest BCUT2D eigenvalue weighted by atomic mass is 9.89. The third-order valence-corrected chi connectivity index (χ3v) is 3.86. The molecular weight excluding hydrogens is 300 g/mol. The Bertz CT molecular complexity index is 657. The Kier molecular flexibility index (Phi) is 5.57. The van der Waals surface area contributed by atoms with Gasteiger partial charge in [0.15, 0.2) is 5.84 Å². The molecule has 1 atom stereocenters. The van der Waals surface area contributed by atoms with E-state index in [2.05, 4.69) is 15.3 Å². The average Bonchev–Trinajstić information content (AvgIpc) is 2.76. The maximum absolute atomic E-state index is 12.1. The zero-order valence-corrected chi connectivity index (χ0v) is 14.0. The summed E-state index contributed by atoms with van der Waals surface area (Å²) in [5, 5.41) is 14.0. The summed E-state index contributed by atoms with van der Waals surface area (Å²) in [6, 6.07) is 1.42. The molecule has 0 aromatic carbocycles. The summed E-state index contributed by atoms with van der Waals surface area (Å²) >= 11 is 0. The second-order valence-corrected chi connectivity index (χ2v) is 5.68. The van der Waals surface area contributed by atoms with Crippen molar-refractivity contribution in [2.75, 3.05) is 7.11 Å². The number of carboxylic acids is 1. The zero-order chi connectivity index (χ0) is 16.5. The van der Waals surface area contributed by atoms with Crippen molar-refractivity contribution in [3.63, 3.8) is 0 Å². The number of methoxy groups -OCH3 is 1. The molecule has 1 amide bonds. The highest BCUT2D eigenvalue weighted by molar-refractivity contribution is 6.17. The highest BCUT2D eigenvalue weighted by atomic mass is 16.5. The Morgan fingerprint density at radius 3 is 2.61 bits per heavy atom. The minimum absolute atomic E-state index is 0. The molecule has 0 fully saturated rings. The van der Waals surface area contributed by atoms with Gasteiger partial charge in [0.1, 0.15) is 11.2 Å². The smallest absolute Gasteiger partial charge is 0.253 e. The van der Waals surface area contributed by atoms with Crippen molar-refractivity contribution in [3.05, 3.63) is 29.1 Å². The molecule has 0 aliphatic carbocycles. The largest absolute Gasteiger partial charge is 0.545 e. The van der Waals surface area contributed by atoms with Gasteiger partial charge < -0.3 is 26.1 Å². The first-order valence-corrected chi connectivity index (χ1v) is 6.90. The van der Waals surface area contributed by atoms with Crippen LogP contribution in [0.3, 0.4) is 0 Å². The Labute approximate surface area is 134 Å². The quantitative estimate of drug-likeness (QED) is 0.800. The Hall–Kier alpha value is -2.32. The third-order valence-electron chi connectivity index (χ3n) is 3.86. The number of nitrogens with one attached hydrogen (secondary N) is 1. The predicted molar refractivity (Wildman–Crippen MR) is 83.2 cm³/mol. The van der Waals surface area contributed by atoms with Crippen molar-refractivity contribution >= 4 is 17.7 Å². The average molecular weight is 322 g/mol. The number of aromatic nitrogens is 1. The first-order chi connectivity index (χ1) is 10.3. The fraction of sp³-hybridized carbons (Fsp3) is 0.467. The van der Waals surface area contributed by atoms with Crippen LogP contribution in [0.4, 0.5) is 0 Å². The summed E-state index contributed by atoms with van der Waals surface area (Å²) in [6.07, 6.45) is 1.49. The van der Waals surface area contributed by atoms with Gasteiger partial charge in [0.25, 0.3) is 5.91 Å². The second kappa shape index (κ2) is 6.84. The summed E-state index contributed by atoms with van der Waals surface area (Å²) in [5.41, 5.74) is -0.369. The Morgan fingerprint density at radius 2 is 2.13 bits per heavy atom. The number of aliphatic imine (C=N–C) groups is 1. The van der Waals surface area contributed by atoms with Crippen LogP contribution in [0.5, 0.6) is 0 Å². The van der Waals surface area contributed by atoms with Gasteiger partial charge in [0, 0.05) is 18.9 Å². The molecule has 2 rings (SSSR count). The molecule has 0 bridgehead atoms. The van der Waals surface area contributed by atoms with Crippen molar-refractivity contribution in [1.29, 1.82) is 0 Å². The van der Waals surface area contributed by atoms with Crippen molar-refractivity contribution in [1.82, 2.24) is 16.5 Å². The van der Waals surface area contributed by atoms with Crippen LogP contribution in [0.15, 0.2) is 17.3 Å². The van der Waals surface area contributed by atoms with Crippen LogP contribution in [0, 0.1) is 5.92 Å². The van der Waals surface area contributed by atoms with Gasteiger partial charge in [-0.2, -0.15) is 0 Å². The van der Waals surface area contributed by atoms with Crippen LogP contribution in [0.2, 0.25) is 0 Å². The first-order valence-electron chi connectivity index (χ1n) is 6.90. The number of amidine groups is 1. The van der Waals surface area contributed by atoms with E-state index in [-0.39, 0.29) is 41.7 Å². The van der Waals surface area contributed by atoms with E-state index < -0.39 is 11.5 Å². The fourth-order valence-electron chi connectivity index (χ4n) is 2.15. The number of quaternary nitrogens is 1. The van der Waals surface area contributed by atoms with E-state index in [1.54, 1.807) is 6.92 Å². The number of rotatable bonds is 5. The number of carbonyl (C=O) groups is 2. The van der Waals surface area contributed by atoms with E-state index in [0.29, 0.717) is 5.56 Å². The lowest BCUT2D eigenvalue weighted by Gasteiger charge is -2.21. The Morgan fingerprint density at radius 1 is 1.48 bits per heavy atom. The molecule has 0 spiro atoms. The van der Waals surface area contributed by atoms with Gasteiger partial charge in [-0.3, -0.25) is 9.78 Å². The van der Waals surface area contributed by atoms with Crippen LogP contribution < -0.4 is 16.6 Å². The molecule has 23 heavy (non-hydrogen) atoms. The van der Waals surface area contributed by atoms with Gasteiger partial charge in [-0.1, -0.05) is 13.8 Å². The molecule has 1 aromatic heterocycles. The molecule has 0 radical (unpaired) electrons. The van der Waals surface area contributed by atoms with Crippen LogP contribution in [-0.2, 0) is 16.1 Å². The normalized spacial score (nSPS) is 20.0. The number of ether oxygens (including phenoxy) is 1. The van der Waals surface area contributed by atoms with Crippen molar-refractivity contribution in [3.8, 4) is 0 Å². The molecule has 5 N–H and O–H groups in total. The van der Waals surface area contributed by atoms with E-state index in [1.807, 2.05) is 13.8 Å². The molecule has 8 heteroatoms. The number of nitrogens with zero attached hydrogens (tertiary/aromatic N) is 2. The molecule has 126 valence electrons. The topological polar surface area (TPSA) is 140 Å². The number of carboxylic acid groups (broad SMARTS) is 1. The van der Waals surface area contributed by atoms with Gasteiger partial charge in [-0.05, 0) is 24.5 Å². The highest BCUT2D eigenvalue weighted by Crippen LogP contribution is 2.27. The lowest BCUT2D eigenvalue weighted by Crippen LogP contribution is -2.41. The highest BCUT2D eigenvalue weighted by Gasteiger charge is 2.42. The molecular formula is C15H22N4O4. The van der Waals surface area contributed by atoms with E-state index in [9.17, 15) is 14.7 Å². The van der Waals surface area contributed by atoms with E-state index in [1.165, 1.54) is 19.4 Å². The summed E-state index contributed by atoms with van der Waals surface area (Å²) < 4.78 is 4.96. The predicted octanol–water partition coefficient (Wildman–Crippen LogP) is 0.259. The lowest BCUT2D eigenvalue weighted by molar-refractivity contribution is -0.255. The maximum atomic E-state index is 12.1. The SMILES string of the molecule is COCc1cnc(C2=N[C@](C)(C(C)C)C(=O)N2)c(C(=O)[O-])c1.[NH4+]. The van der Waals surface area contributed by atoms with Crippen LogP contribution in [0.1, 0.15) is 42.4 Å². The summed E-state index contributed by atoms with van der Waals surface area (Å²) in [6.45, 7) is 5.69. The molecule has 1 aliphatic rings. The number of pyridine rings is 1. The third kappa shape index (κ3) is 3.38. The fourth-order valence-corrected chi connectivity index (χ4v) is 2.15. The maximum Gasteiger partial charge on any atom is 0.253 e. The van der Waals surface area contributed by atoms with Gasteiger partial charge in [-0.25, -0.2) is 4.99 Å². The van der Waals surface area contributed by atoms with Gasteiger partial charge >= 0.3 is 0 Å². The van der Waals surface area contributed by atoms with Crippen LogP contribution in [-0.4, -0.2) is 35.3 Å². The van der Waals surface area contributed by atoms with Gasteiger partial charge in [0.2, 0.25) is 0 Å². The molecule has 8 nitrogen and oxygen atoms in total. The van der Waals surface area contributed by atoms with Crippen molar-refractivity contribution < 1.29 is 19.4 Å². The van der Waals surface area contributed by atoms with Crippen molar-refractivity contribution in [2.45, 2.75) is 32.9 Å². The summed E-state index contributed by atoms with van der Waals surface area (Å²) in [4.78, 5) is 32.0.